The highest BCUT2D eigenvalue weighted by Crippen LogP contribution is 2.16. The smallest absolute Gasteiger partial charge is 0.108 e. The Morgan fingerprint density at radius 3 is 1.39 bits per heavy atom. The molecular formula is C15H13Cl2F. The maximum atomic E-state index is 13.9. The molecule has 0 saturated heterocycles. The monoisotopic (exact) mass is 282 g/mol. The molecule has 0 heterocycles. The van der Waals surface area contributed by atoms with Crippen molar-refractivity contribution < 1.29 is 4.39 Å². The average Bonchev–Trinajstić information content (AvgIpc) is 2.35. The van der Waals surface area contributed by atoms with Crippen LogP contribution in [-0.4, -0.2) is 6.17 Å². The molecule has 0 aliphatic carbocycles. The minimum atomic E-state index is -0.896. The number of halogens is 3. The number of hydrogen-bond donors (Lipinski definition) is 0. The van der Waals surface area contributed by atoms with Gasteiger partial charge >= 0.3 is 0 Å². The normalized spacial score (nSPS) is 10.9. The number of rotatable bonds is 4. The fraction of sp³-hybridized carbons (Fsp3) is 0.200. The highest BCUT2D eigenvalue weighted by molar-refractivity contribution is 6.30. The summed E-state index contributed by atoms with van der Waals surface area (Å²) in [5.74, 6) is 0. The van der Waals surface area contributed by atoms with E-state index < -0.39 is 6.17 Å². The first-order valence-electron chi connectivity index (χ1n) is 5.76. The second kappa shape index (κ2) is 6.21. The van der Waals surface area contributed by atoms with Crippen LogP contribution in [0.5, 0.6) is 0 Å². The molecule has 18 heavy (non-hydrogen) atoms. The fourth-order valence-electron chi connectivity index (χ4n) is 1.82. The fourth-order valence-corrected chi connectivity index (χ4v) is 2.08. The van der Waals surface area contributed by atoms with Gasteiger partial charge in [-0.3, -0.25) is 0 Å². The first-order valence-corrected chi connectivity index (χ1v) is 6.52. The van der Waals surface area contributed by atoms with E-state index in [1.165, 1.54) is 0 Å². The van der Waals surface area contributed by atoms with Gasteiger partial charge in [0.15, 0.2) is 0 Å². The van der Waals surface area contributed by atoms with Crippen LogP contribution < -0.4 is 0 Å². The quantitative estimate of drug-likeness (QED) is 0.730. The van der Waals surface area contributed by atoms with Gasteiger partial charge in [0.25, 0.3) is 0 Å². The molecule has 0 aromatic heterocycles. The van der Waals surface area contributed by atoms with E-state index >= 15 is 0 Å². The molecule has 2 rings (SSSR count). The molecule has 2 aromatic rings. The van der Waals surface area contributed by atoms with Crippen molar-refractivity contribution in [3.63, 3.8) is 0 Å². The highest BCUT2D eigenvalue weighted by Gasteiger charge is 2.09. The lowest BCUT2D eigenvalue weighted by atomic mass is 10.0. The summed E-state index contributed by atoms with van der Waals surface area (Å²) in [7, 11) is 0. The van der Waals surface area contributed by atoms with Gasteiger partial charge in [-0.15, -0.1) is 0 Å². The maximum absolute atomic E-state index is 13.9. The minimum absolute atomic E-state index is 0.403. The van der Waals surface area contributed by atoms with Crippen LogP contribution in [0, 0.1) is 0 Å². The first-order chi connectivity index (χ1) is 8.63. The van der Waals surface area contributed by atoms with Crippen molar-refractivity contribution >= 4 is 23.2 Å². The van der Waals surface area contributed by atoms with Crippen LogP contribution in [0.1, 0.15) is 11.1 Å². The van der Waals surface area contributed by atoms with Crippen LogP contribution in [0.25, 0.3) is 0 Å². The molecular weight excluding hydrogens is 270 g/mol. The van der Waals surface area contributed by atoms with Gasteiger partial charge < -0.3 is 0 Å². The van der Waals surface area contributed by atoms with Gasteiger partial charge in [-0.25, -0.2) is 4.39 Å². The van der Waals surface area contributed by atoms with Crippen molar-refractivity contribution in [3.05, 3.63) is 69.7 Å². The molecule has 0 unspecified atom stereocenters. The summed E-state index contributed by atoms with van der Waals surface area (Å²) in [4.78, 5) is 0. The topological polar surface area (TPSA) is 0 Å². The Balaban J connectivity index is 1.94. The Kier molecular flexibility index (Phi) is 4.62. The zero-order valence-electron chi connectivity index (χ0n) is 9.74. The molecule has 0 amide bonds. The maximum Gasteiger partial charge on any atom is 0.108 e. The molecule has 2 aromatic carbocycles. The van der Waals surface area contributed by atoms with E-state index in [9.17, 15) is 4.39 Å². The summed E-state index contributed by atoms with van der Waals surface area (Å²) < 4.78 is 13.9. The van der Waals surface area contributed by atoms with Crippen LogP contribution in [0.3, 0.4) is 0 Å². The van der Waals surface area contributed by atoms with E-state index in [1.807, 2.05) is 24.3 Å². The summed E-state index contributed by atoms with van der Waals surface area (Å²) >= 11 is 11.6. The van der Waals surface area contributed by atoms with E-state index in [2.05, 4.69) is 0 Å². The van der Waals surface area contributed by atoms with Crippen molar-refractivity contribution in [1.29, 1.82) is 0 Å². The van der Waals surface area contributed by atoms with Crippen LogP contribution >= 0.6 is 23.2 Å². The van der Waals surface area contributed by atoms with Gasteiger partial charge in [-0.1, -0.05) is 47.5 Å². The lowest BCUT2D eigenvalue weighted by Gasteiger charge is -2.08. The number of alkyl halides is 1. The second-order valence-electron chi connectivity index (χ2n) is 4.26. The Morgan fingerprint density at radius 1 is 0.722 bits per heavy atom. The lowest BCUT2D eigenvalue weighted by Crippen LogP contribution is -2.08. The van der Waals surface area contributed by atoms with E-state index in [1.54, 1.807) is 24.3 Å². The summed E-state index contributed by atoms with van der Waals surface area (Å²) in [5.41, 5.74) is 1.92. The molecule has 0 bridgehead atoms. The Morgan fingerprint density at radius 2 is 1.06 bits per heavy atom. The third-order valence-electron chi connectivity index (χ3n) is 2.74. The van der Waals surface area contributed by atoms with Gasteiger partial charge in [-0.05, 0) is 35.4 Å². The number of benzene rings is 2. The van der Waals surface area contributed by atoms with Crippen LogP contribution in [-0.2, 0) is 12.8 Å². The molecule has 0 N–H and O–H groups in total. The molecule has 0 aliphatic rings. The van der Waals surface area contributed by atoms with Gasteiger partial charge in [0.05, 0.1) is 0 Å². The lowest BCUT2D eigenvalue weighted by molar-refractivity contribution is 0.330. The molecule has 0 nitrogen and oxygen atoms in total. The van der Waals surface area contributed by atoms with E-state index in [0.717, 1.165) is 11.1 Å². The van der Waals surface area contributed by atoms with E-state index in [-0.39, 0.29) is 0 Å². The minimum Gasteiger partial charge on any atom is -0.247 e. The molecule has 94 valence electrons. The van der Waals surface area contributed by atoms with Crippen molar-refractivity contribution in [2.24, 2.45) is 0 Å². The Labute approximate surface area is 116 Å². The van der Waals surface area contributed by atoms with Crippen molar-refractivity contribution in [2.75, 3.05) is 0 Å². The summed E-state index contributed by atoms with van der Waals surface area (Å²) in [5, 5.41) is 1.35. The van der Waals surface area contributed by atoms with Crippen molar-refractivity contribution in [3.8, 4) is 0 Å². The van der Waals surface area contributed by atoms with Crippen LogP contribution in [0.15, 0.2) is 48.5 Å². The molecule has 3 heteroatoms. The van der Waals surface area contributed by atoms with Gasteiger partial charge in [0.2, 0.25) is 0 Å². The van der Waals surface area contributed by atoms with E-state index in [0.29, 0.717) is 22.9 Å². The molecule has 0 fully saturated rings. The van der Waals surface area contributed by atoms with E-state index in [4.69, 9.17) is 23.2 Å². The largest absolute Gasteiger partial charge is 0.247 e. The molecule has 0 radical (unpaired) electrons. The summed E-state index contributed by atoms with van der Waals surface area (Å²) in [6, 6.07) is 14.6. The second-order valence-corrected chi connectivity index (χ2v) is 5.13. The Hall–Kier alpha value is -1.05. The Bertz CT molecular complexity index is 443. The first kappa shape index (κ1) is 13.4. The van der Waals surface area contributed by atoms with Crippen molar-refractivity contribution in [1.82, 2.24) is 0 Å². The van der Waals surface area contributed by atoms with Gasteiger partial charge in [-0.2, -0.15) is 0 Å². The SMILES string of the molecule is FC(Cc1ccc(Cl)cc1)Cc1ccc(Cl)cc1. The van der Waals surface area contributed by atoms with Crippen LogP contribution in [0.2, 0.25) is 10.0 Å². The third kappa shape index (κ3) is 4.01. The zero-order valence-corrected chi connectivity index (χ0v) is 11.3. The molecule has 0 saturated carbocycles. The highest BCUT2D eigenvalue weighted by atomic mass is 35.5. The molecule has 0 aliphatic heterocycles. The van der Waals surface area contributed by atoms with Crippen LogP contribution in [0.4, 0.5) is 4.39 Å². The average molecular weight is 283 g/mol. The zero-order chi connectivity index (χ0) is 13.0. The van der Waals surface area contributed by atoms with Gasteiger partial charge in [0.1, 0.15) is 6.17 Å². The number of hydrogen-bond acceptors (Lipinski definition) is 0. The molecule has 0 spiro atoms. The van der Waals surface area contributed by atoms with Crippen molar-refractivity contribution in [2.45, 2.75) is 19.0 Å². The predicted octanol–water partition coefficient (Wildman–Crippen LogP) is 5.12. The third-order valence-corrected chi connectivity index (χ3v) is 3.24. The summed E-state index contributed by atoms with van der Waals surface area (Å²) in [6.07, 6.45) is -0.0908. The summed E-state index contributed by atoms with van der Waals surface area (Å²) in [6.45, 7) is 0. The molecule has 0 atom stereocenters. The standard InChI is InChI=1S/C15H13Cl2F/c16-13-5-1-11(2-6-13)9-15(18)10-12-3-7-14(17)8-4-12/h1-8,15H,9-10H2. The predicted molar refractivity (Wildman–Crippen MR) is 75.2 cm³/mol. The van der Waals surface area contributed by atoms with Gasteiger partial charge in [0, 0.05) is 22.9 Å².